The van der Waals surface area contributed by atoms with Gasteiger partial charge >= 0.3 is 5.97 Å². The molecule has 0 aliphatic rings. The molecule has 16 heavy (non-hydrogen) atoms. The molecule has 1 rings (SSSR count). The smallest absolute Gasteiger partial charge is 0.377 e. The second kappa shape index (κ2) is 5.72. The van der Waals surface area contributed by atoms with Crippen LogP contribution in [0.3, 0.4) is 0 Å². The highest BCUT2D eigenvalue weighted by atomic mass is 16.5. The first-order valence-electron chi connectivity index (χ1n) is 4.10. The summed E-state index contributed by atoms with van der Waals surface area (Å²) >= 11 is 0. The third kappa shape index (κ3) is 2.48. The molecule has 0 unspecified atom stereocenters. The monoisotopic (exact) mass is 228 g/mol. The zero-order chi connectivity index (χ0) is 11.4. The van der Waals surface area contributed by atoms with Crippen molar-refractivity contribution in [2.24, 2.45) is 0 Å². The number of carboxylic acid groups (broad SMARTS) is 1. The molecule has 88 valence electrons. The third-order valence-electron chi connectivity index (χ3n) is 1.84. The van der Waals surface area contributed by atoms with Crippen LogP contribution in [0.4, 0.5) is 0 Å². The van der Waals surface area contributed by atoms with E-state index in [4.69, 9.17) is 14.6 Å². The molecule has 6 heteroatoms. The SMILES string of the molecule is COc1cccc(C(=O)C(=O)O)c1OC.O. The third-order valence-corrected chi connectivity index (χ3v) is 1.84. The van der Waals surface area contributed by atoms with E-state index in [1.54, 1.807) is 6.07 Å². The lowest BCUT2D eigenvalue weighted by Crippen LogP contribution is -2.14. The molecule has 0 aliphatic carbocycles. The van der Waals surface area contributed by atoms with Crippen molar-refractivity contribution in [1.82, 2.24) is 0 Å². The van der Waals surface area contributed by atoms with Crippen LogP contribution in [0, 0.1) is 0 Å². The first-order valence-corrected chi connectivity index (χ1v) is 4.10. The van der Waals surface area contributed by atoms with Gasteiger partial charge < -0.3 is 20.1 Å². The van der Waals surface area contributed by atoms with Gasteiger partial charge in [0.2, 0.25) is 0 Å². The lowest BCUT2D eigenvalue weighted by molar-refractivity contribution is -0.131. The van der Waals surface area contributed by atoms with E-state index in [-0.39, 0.29) is 16.8 Å². The topological polar surface area (TPSA) is 104 Å². The molecule has 0 radical (unpaired) electrons. The summed E-state index contributed by atoms with van der Waals surface area (Å²) in [5.41, 5.74) is -0.0237. The molecule has 0 aliphatic heterocycles. The predicted molar refractivity (Wildman–Crippen MR) is 55.1 cm³/mol. The first kappa shape index (κ1) is 13.9. The maximum absolute atomic E-state index is 11.3. The molecule has 0 saturated heterocycles. The summed E-state index contributed by atoms with van der Waals surface area (Å²) in [4.78, 5) is 21.8. The van der Waals surface area contributed by atoms with E-state index in [9.17, 15) is 9.59 Å². The number of carboxylic acids is 1. The second-order valence-electron chi connectivity index (χ2n) is 2.68. The Labute approximate surface area is 91.7 Å². The first-order chi connectivity index (χ1) is 7.11. The number of para-hydroxylation sites is 1. The van der Waals surface area contributed by atoms with Gasteiger partial charge in [-0.05, 0) is 12.1 Å². The van der Waals surface area contributed by atoms with E-state index in [2.05, 4.69) is 0 Å². The van der Waals surface area contributed by atoms with E-state index in [1.165, 1.54) is 26.4 Å². The number of ketones is 1. The number of Topliss-reactive ketones (excluding diaryl/α,β-unsaturated/α-hetero) is 1. The number of carbonyl (C=O) groups excluding carboxylic acids is 1. The number of ether oxygens (including phenoxy) is 2. The van der Waals surface area contributed by atoms with Crippen LogP contribution >= 0.6 is 0 Å². The summed E-state index contributed by atoms with van der Waals surface area (Å²) in [6.07, 6.45) is 0. The molecule has 0 heterocycles. The van der Waals surface area contributed by atoms with Crippen molar-refractivity contribution in [3.63, 3.8) is 0 Å². The van der Waals surface area contributed by atoms with Crippen LogP contribution in [0.2, 0.25) is 0 Å². The fourth-order valence-corrected chi connectivity index (χ4v) is 1.18. The Morgan fingerprint density at radius 3 is 2.25 bits per heavy atom. The van der Waals surface area contributed by atoms with Crippen molar-refractivity contribution in [2.75, 3.05) is 14.2 Å². The van der Waals surface area contributed by atoms with Crippen molar-refractivity contribution in [1.29, 1.82) is 0 Å². The average Bonchev–Trinajstić information content (AvgIpc) is 2.26. The Morgan fingerprint density at radius 2 is 1.81 bits per heavy atom. The van der Waals surface area contributed by atoms with Crippen LogP contribution in [-0.2, 0) is 4.79 Å². The van der Waals surface area contributed by atoms with Crippen molar-refractivity contribution < 1.29 is 29.6 Å². The lowest BCUT2D eigenvalue weighted by Gasteiger charge is -2.09. The summed E-state index contributed by atoms with van der Waals surface area (Å²) in [6.45, 7) is 0. The highest BCUT2D eigenvalue weighted by Crippen LogP contribution is 2.30. The Hall–Kier alpha value is -2.08. The van der Waals surface area contributed by atoms with Crippen LogP contribution in [0.1, 0.15) is 10.4 Å². The molecule has 0 spiro atoms. The molecule has 0 bridgehead atoms. The lowest BCUT2D eigenvalue weighted by atomic mass is 10.1. The van der Waals surface area contributed by atoms with Gasteiger partial charge in [0, 0.05) is 0 Å². The minimum atomic E-state index is -1.53. The van der Waals surface area contributed by atoms with E-state index < -0.39 is 11.8 Å². The van der Waals surface area contributed by atoms with Gasteiger partial charge in [0.1, 0.15) is 0 Å². The van der Waals surface area contributed by atoms with E-state index in [0.29, 0.717) is 5.75 Å². The van der Waals surface area contributed by atoms with Gasteiger partial charge in [-0.25, -0.2) is 4.79 Å². The van der Waals surface area contributed by atoms with Crippen molar-refractivity contribution >= 4 is 11.8 Å². The number of aliphatic carboxylic acids is 1. The standard InChI is InChI=1S/C10H10O5.H2O/c1-14-7-5-3-4-6(9(7)15-2)8(11)10(12)13;/h3-5H,1-2H3,(H,12,13);1H2. The highest BCUT2D eigenvalue weighted by Gasteiger charge is 2.21. The molecule has 1 aromatic carbocycles. The Kier molecular flexibility index (Phi) is 4.97. The minimum absolute atomic E-state index is 0. The maximum atomic E-state index is 11.3. The van der Waals surface area contributed by atoms with Crippen molar-refractivity contribution in [3.05, 3.63) is 23.8 Å². The molecular formula is C10H12O6. The van der Waals surface area contributed by atoms with Crippen LogP contribution in [0.5, 0.6) is 11.5 Å². The summed E-state index contributed by atoms with van der Waals surface area (Å²) < 4.78 is 9.87. The van der Waals surface area contributed by atoms with Gasteiger partial charge in [-0.1, -0.05) is 6.07 Å². The van der Waals surface area contributed by atoms with Gasteiger partial charge in [-0.2, -0.15) is 0 Å². The molecule has 0 atom stereocenters. The number of benzene rings is 1. The molecular weight excluding hydrogens is 216 g/mol. The number of carbonyl (C=O) groups is 2. The Balaban J connectivity index is 0.00000225. The van der Waals surface area contributed by atoms with Crippen LogP contribution in [0.15, 0.2) is 18.2 Å². The summed E-state index contributed by atoms with van der Waals surface area (Å²) in [5, 5.41) is 8.57. The number of hydrogen-bond acceptors (Lipinski definition) is 4. The van der Waals surface area contributed by atoms with Crippen molar-refractivity contribution in [3.8, 4) is 11.5 Å². The zero-order valence-electron chi connectivity index (χ0n) is 8.81. The molecule has 3 N–H and O–H groups in total. The molecule has 0 saturated carbocycles. The summed E-state index contributed by atoms with van der Waals surface area (Å²) in [7, 11) is 2.75. The van der Waals surface area contributed by atoms with E-state index >= 15 is 0 Å². The van der Waals surface area contributed by atoms with Crippen LogP contribution < -0.4 is 9.47 Å². The fourth-order valence-electron chi connectivity index (χ4n) is 1.18. The predicted octanol–water partition coefficient (Wildman–Crippen LogP) is 0.146. The quantitative estimate of drug-likeness (QED) is 0.583. The van der Waals surface area contributed by atoms with Gasteiger partial charge in [0.25, 0.3) is 5.78 Å². The molecule has 0 amide bonds. The molecule has 6 nitrogen and oxygen atoms in total. The zero-order valence-corrected chi connectivity index (χ0v) is 8.81. The highest BCUT2D eigenvalue weighted by molar-refractivity contribution is 6.40. The Morgan fingerprint density at radius 1 is 1.19 bits per heavy atom. The van der Waals surface area contributed by atoms with Crippen molar-refractivity contribution in [2.45, 2.75) is 0 Å². The number of hydrogen-bond donors (Lipinski definition) is 1. The maximum Gasteiger partial charge on any atom is 0.377 e. The van der Waals surface area contributed by atoms with E-state index in [0.717, 1.165) is 0 Å². The summed E-state index contributed by atoms with van der Waals surface area (Å²) in [6, 6.07) is 4.48. The molecule has 0 aromatic heterocycles. The van der Waals surface area contributed by atoms with E-state index in [1.807, 2.05) is 0 Å². The summed E-state index contributed by atoms with van der Waals surface area (Å²) in [5.74, 6) is -2.09. The van der Waals surface area contributed by atoms with Gasteiger partial charge in [0.15, 0.2) is 11.5 Å². The molecule has 0 fully saturated rings. The van der Waals surface area contributed by atoms with Gasteiger partial charge in [-0.15, -0.1) is 0 Å². The number of methoxy groups -OCH3 is 2. The average molecular weight is 228 g/mol. The normalized spacial score (nSPS) is 8.88. The Bertz CT molecular complexity index is 398. The largest absolute Gasteiger partial charge is 0.493 e. The minimum Gasteiger partial charge on any atom is -0.493 e. The van der Waals surface area contributed by atoms with Gasteiger partial charge in [-0.3, -0.25) is 4.79 Å². The number of rotatable bonds is 4. The van der Waals surface area contributed by atoms with Crippen LogP contribution in [-0.4, -0.2) is 36.6 Å². The fraction of sp³-hybridized carbons (Fsp3) is 0.200. The molecule has 1 aromatic rings. The second-order valence-corrected chi connectivity index (χ2v) is 2.68. The van der Waals surface area contributed by atoms with Crippen LogP contribution in [0.25, 0.3) is 0 Å². The van der Waals surface area contributed by atoms with Gasteiger partial charge in [0.05, 0.1) is 19.8 Å².